The smallest absolute Gasteiger partial charge is 0.299 e. The molecule has 0 aliphatic carbocycles. The third kappa shape index (κ3) is 2.04. The summed E-state index contributed by atoms with van der Waals surface area (Å²) in [6, 6.07) is 5.76. The minimum Gasteiger partial charge on any atom is -0.371 e. The van der Waals surface area contributed by atoms with E-state index in [9.17, 15) is 9.59 Å². The Morgan fingerprint density at radius 2 is 1.90 bits per heavy atom. The summed E-state index contributed by atoms with van der Waals surface area (Å²) in [4.78, 5) is 27.4. The number of anilines is 2. The zero-order valence-corrected chi connectivity index (χ0v) is 13.0. The van der Waals surface area contributed by atoms with Crippen molar-refractivity contribution in [2.45, 2.75) is 33.1 Å². The summed E-state index contributed by atoms with van der Waals surface area (Å²) in [5.74, 6) is -0.822. The first-order valence-electron chi connectivity index (χ1n) is 7.73. The number of carbonyl (C=O) groups is 2. The average molecular weight is 286 g/mol. The summed E-state index contributed by atoms with van der Waals surface area (Å²) in [7, 11) is 1.67. The van der Waals surface area contributed by atoms with Gasteiger partial charge in [-0.05, 0) is 42.9 Å². The minimum atomic E-state index is -0.431. The Labute approximate surface area is 125 Å². The Balaban J connectivity index is 1.90. The molecule has 21 heavy (non-hydrogen) atoms. The molecule has 2 aliphatic heterocycles. The molecule has 1 saturated heterocycles. The number of hydrogen-bond donors (Lipinski definition) is 0. The van der Waals surface area contributed by atoms with Gasteiger partial charge in [-0.1, -0.05) is 13.8 Å². The third-order valence-electron chi connectivity index (χ3n) is 5.39. The number of likely N-dealkylation sites (N-methyl/N-ethyl adjacent to an activating group) is 1. The van der Waals surface area contributed by atoms with Crippen molar-refractivity contribution in [3.63, 3.8) is 0 Å². The van der Waals surface area contributed by atoms with Gasteiger partial charge in [0.1, 0.15) is 0 Å². The fraction of sp³-hybridized carbons (Fsp3) is 0.529. The van der Waals surface area contributed by atoms with Crippen LogP contribution in [0.2, 0.25) is 0 Å². The lowest BCUT2D eigenvalue weighted by Gasteiger charge is -2.27. The average Bonchev–Trinajstić information content (AvgIpc) is 3.05. The van der Waals surface area contributed by atoms with E-state index in [-0.39, 0.29) is 0 Å². The summed E-state index contributed by atoms with van der Waals surface area (Å²) in [6.45, 7) is 6.64. The Morgan fingerprint density at radius 1 is 1.19 bits per heavy atom. The fourth-order valence-electron chi connectivity index (χ4n) is 3.55. The number of amides is 1. The largest absolute Gasteiger partial charge is 0.371 e. The van der Waals surface area contributed by atoms with Crippen molar-refractivity contribution >= 4 is 23.1 Å². The molecule has 0 spiro atoms. The molecule has 1 fully saturated rings. The lowest BCUT2D eigenvalue weighted by molar-refractivity contribution is -0.114. The first kappa shape index (κ1) is 14.1. The van der Waals surface area contributed by atoms with Crippen LogP contribution in [0.15, 0.2) is 18.2 Å². The molecular weight excluding hydrogens is 264 g/mol. The molecule has 0 saturated carbocycles. The Morgan fingerprint density at radius 3 is 2.52 bits per heavy atom. The van der Waals surface area contributed by atoms with Crippen LogP contribution in [-0.2, 0) is 4.79 Å². The first-order chi connectivity index (χ1) is 10.0. The van der Waals surface area contributed by atoms with Crippen molar-refractivity contribution in [3.05, 3.63) is 23.8 Å². The zero-order chi connectivity index (χ0) is 15.2. The van der Waals surface area contributed by atoms with Gasteiger partial charge in [-0.25, -0.2) is 0 Å². The molecule has 4 nitrogen and oxygen atoms in total. The van der Waals surface area contributed by atoms with E-state index in [4.69, 9.17) is 0 Å². The van der Waals surface area contributed by atoms with Crippen molar-refractivity contribution in [3.8, 4) is 0 Å². The van der Waals surface area contributed by atoms with E-state index in [1.165, 1.54) is 24.2 Å². The van der Waals surface area contributed by atoms with Crippen LogP contribution in [0.5, 0.6) is 0 Å². The molecule has 1 amide bonds. The number of nitrogens with zero attached hydrogens (tertiary/aromatic N) is 2. The number of Topliss-reactive ketones (excluding diaryl/α,β-unsaturated/α-hetero) is 1. The van der Waals surface area contributed by atoms with Crippen LogP contribution in [0.25, 0.3) is 0 Å². The third-order valence-corrected chi connectivity index (χ3v) is 5.39. The van der Waals surface area contributed by atoms with Crippen LogP contribution >= 0.6 is 0 Å². The van der Waals surface area contributed by atoms with Crippen LogP contribution in [0, 0.1) is 5.41 Å². The number of rotatable bonds is 3. The highest BCUT2D eigenvalue weighted by atomic mass is 16.2. The molecule has 0 aromatic heterocycles. The SMILES string of the molecule is CCC1(CC)CCN(c2ccc3c(c2)N(C)C(=O)C3=O)C1. The van der Waals surface area contributed by atoms with E-state index in [2.05, 4.69) is 18.7 Å². The molecule has 0 N–H and O–H groups in total. The van der Waals surface area contributed by atoms with Gasteiger partial charge in [-0.3, -0.25) is 9.59 Å². The lowest BCUT2D eigenvalue weighted by Crippen LogP contribution is -2.26. The van der Waals surface area contributed by atoms with Crippen LogP contribution < -0.4 is 9.80 Å². The highest BCUT2D eigenvalue weighted by Gasteiger charge is 2.37. The molecule has 0 unspecified atom stereocenters. The fourth-order valence-corrected chi connectivity index (χ4v) is 3.55. The maximum Gasteiger partial charge on any atom is 0.299 e. The van der Waals surface area contributed by atoms with E-state index < -0.39 is 11.7 Å². The van der Waals surface area contributed by atoms with Gasteiger partial charge in [-0.15, -0.1) is 0 Å². The molecule has 2 aliphatic rings. The number of fused-ring (bicyclic) bond motifs is 1. The maximum absolute atomic E-state index is 11.8. The molecule has 0 atom stereocenters. The molecule has 0 radical (unpaired) electrons. The summed E-state index contributed by atoms with van der Waals surface area (Å²) in [5.41, 5.74) is 2.80. The van der Waals surface area contributed by atoms with Gasteiger partial charge < -0.3 is 9.80 Å². The van der Waals surface area contributed by atoms with Crippen molar-refractivity contribution in [2.75, 3.05) is 29.9 Å². The van der Waals surface area contributed by atoms with Gasteiger partial charge >= 0.3 is 0 Å². The lowest BCUT2D eigenvalue weighted by atomic mass is 9.82. The predicted molar refractivity (Wildman–Crippen MR) is 84.0 cm³/mol. The number of benzene rings is 1. The maximum atomic E-state index is 11.8. The van der Waals surface area contributed by atoms with Gasteiger partial charge in [0.15, 0.2) is 0 Å². The van der Waals surface area contributed by atoms with Crippen LogP contribution in [0.1, 0.15) is 43.5 Å². The second kappa shape index (κ2) is 4.86. The molecule has 1 aromatic rings. The standard InChI is InChI=1S/C17H22N2O2/c1-4-17(5-2)8-9-19(11-17)12-6-7-13-14(10-12)18(3)16(21)15(13)20/h6-7,10H,4-5,8-9,11H2,1-3H3. The number of ketones is 1. The molecule has 0 bridgehead atoms. The predicted octanol–water partition coefficient (Wildman–Crippen LogP) is 2.86. The van der Waals surface area contributed by atoms with E-state index in [1.54, 1.807) is 13.1 Å². The van der Waals surface area contributed by atoms with Gasteiger partial charge in [0.05, 0.1) is 11.3 Å². The Hall–Kier alpha value is -1.84. The minimum absolute atomic E-state index is 0.392. The van der Waals surface area contributed by atoms with Gasteiger partial charge in [0.2, 0.25) is 0 Å². The van der Waals surface area contributed by atoms with E-state index in [1.807, 2.05) is 12.1 Å². The zero-order valence-electron chi connectivity index (χ0n) is 13.0. The van der Waals surface area contributed by atoms with Crippen molar-refractivity contribution < 1.29 is 9.59 Å². The summed E-state index contributed by atoms with van der Waals surface area (Å²) in [6.07, 6.45) is 3.61. The Bertz CT molecular complexity index is 605. The molecule has 2 heterocycles. The highest BCUT2D eigenvalue weighted by Crippen LogP contribution is 2.40. The van der Waals surface area contributed by atoms with Crippen molar-refractivity contribution in [1.29, 1.82) is 0 Å². The summed E-state index contributed by atoms with van der Waals surface area (Å²) in [5, 5.41) is 0. The highest BCUT2D eigenvalue weighted by molar-refractivity contribution is 6.52. The topological polar surface area (TPSA) is 40.6 Å². The second-order valence-electron chi connectivity index (χ2n) is 6.27. The quantitative estimate of drug-likeness (QED) is 0.802. The number of hydrogen-bond acceptors (Lipinski definition) is 3. The molecule has 4 heteroatoms. The van der Waals surface area contributed by atoms with Gasteiger partial charge in [-0.2, -0.15) is 0 Å². The van der Waals surface area contributed by atoms with Gasteiger partial charge in [0.25, 0.3) is 11.7 Å². The first-order valence-corrected chi connectivity index (χ1v) is 7.73. The normalized spacial score (nSPS) is 20.3. The summed E-state index contributed by atoms with van der Waals surface area (Å²) < 4.78 is 0. The summed E-state index contributed by atoms with van der Waals surface area (Å²) >= 11 is 0. The number of carbonyl (C=O) groups excluding carboxylic acids is 2. The van der Waals surface area contributed by atoms with E-state index in [0.29, 0.717) is 11.0 Å². The Kier molecular flexibility index (Phi) is 3.27. The molecule has 112 valence electrons. The second-order valence-corrected chi connectivity index (χ2v) is 6.27. The van der Waals surface area contributed by atoms with E-state index in [0.717, 1.165) is 24.5 Å². The van der Waals surface area contributed by atoms with Gasteiger partial charge in [0, 0.05) is 25.8 Å². The van der Waals surface area contributed by atoms with Crippen LogP contribution in [0.3, 0.4) is 0 Å². The monoisotopic (exact) mass is 286 g/mol. The molecule has 3 rings (SSSR count). The van der Waals surface area contributed by atoms with Crippen LogP contribution in [0.4, 0.5) is 11.4 Å². The van der Waals surface area contributed by atoms with E-state index >= 15 is 0 Å². The van der Waals surface area contributed by atoms with Crippen LogP contribution in [-0.4, -0.2) is 31.8 Å². The van der Waals surface area contributed by atoms with Crippen molar-refractivity contribution in [2.24, 2.45) is 5.41 Å². The molecular formula is C17H22N2O2. The van der Waals surface area contributed by atoms with Crippen molar-refractivity contribution in [1.82, 2.24) is 0 Å². The molecule has 1 aromatic carbocycles.